The van der Waals surface area contributed by atoms with Crippen LogP contribution in [-0.2, 0) is 19.0 Å². The molecule has 0 saturated carbocycles. The summed E-state index contributed by atoms with van der Waals surface area (Å²) in [6.07, 6.45) is 0.265. The molecule has 16 heavy (non-hydrogen) atoms. The van der Waals surface area contributed by atoms with Crippen LogP contribution in [0, 0.1) is 0 Å². The van der Waals surface area contributed by atoms with Crippen LogP contribution in [0.25, 0.3) is 0 Å². The Labute approximate surface area is 97.2 Å². The van der Waals surface area contributed by atoms with Gasteiger partial charge in [0.1, 0.15) is 5.54 Å². The molecule has 5 heteroatoms. The van der Waals surface area contributed by atoms with Crippen LogP contribution in [0.2, 0.25) is 0 Å². The number of rotatable bonds is 7. The van der Waals surface area contributed by atoms with Crippen LogP contribution in [0.4, 0.5) is 0 Å². The van der Waals surface area contributed by atoms with E-state index in [1.54, 1.807) is 14.0 Å². The molecule has 0 aliphatic rings. The lowest BCUT2D eigenvalue weighted by Crippen LogP contribution is -2.48. The van der Waals surface area contributed by atoms with Gasteiger partial charge < -0.3 is 19.9 Å². The molecule has 0 saturated heterocycles. The Kier molecular flexibility index (Phi) is 6.55. The van der Waals surface area contributed by atoms with Crippen molar-refractivity contribution >= 4 is 5.97 Å². The summed E-state index contributed by atoms with van der Waals surface area (Å²) in [6, 6.07) is 0. The van der Waals surface area contributed by atoms with E-state index < -0.39 is 11.5 Å². The van der Waals surface area contributed by atoms with Crippen molar-refractivity contribution in [2.75, 3.05) is 20.8 Å². The first-order valence-corrected chi connectivity index (χ1v) is 5.35. The van der Waals surface area contributed by atoms with E-state index in [1.807, 2.05) is 13.8 Å². The number of ether oxygens (including phenoxy) is 3. The van der Waals surface area contributed by atoms with Gasteiger partial charge in [-0.15, -0.1) is 0 Å². The van der Waals surface area contributed by atoms with Crippen molar-refractivity contribution in [2.45, 2.75) is 44.9 Å². The standard InChI is InChI=1S/C11H23NO4/c1-8(16-9(2)7-14-4)6-11(3,12)10(13)15-5/h8-9H,6-7,12H2,1-5H3. The van der Waals surface area contributed by atoms with Crippen LogP contribution in [-0.4, -0.2) is 44.5 Å². The molecule has 3 unspecified atom stereocenters. The van der Waals surface area contributed by atoms with Crippen LogP contribution >= 0.6 is 0 Å². The fourth-order valence-corrected chi connectivity index (χ4v) is 1.63. The van der Waals surface area contributed by atoms with Crippen LogP contribution in [0.15, 0.2) is 0 Å². The normalized spacial score (nSPS) is 18.6. The van der Waals surface area contributed by atoms with Crippen molar-refractivity contribution in [2.24, 2.45) is 5.73 Å². The molecule has 0 aromatic rings. The topological polar surface area (TPSA) is 70.8 Å². The van der Waals surface area contributed by atoms with E-state index in [0.717, 1.165) is 0 Å². The van der Waals surface area contributed by atoms with E-state index in [9.17, 15) is 4.79 Å². The summed E-state index contributed by atoms with van der Waals surface area (Å²) in [4.78, 5) is 11.4. The number of methoxy groups -OCH3 is 2. The lowest BCUT2D eigenvalue weighted by molar-refractivity contribution is -0.148. The fraction of sp³-hybridized carbons (Fsp3) is 0.909. The summed E-state index contributed by atoms with van der Waals surface area (Å²) >= 11 is 0. The summed E-state index contributed by atoms with van der Waals surface area (Å²) in [5.41, 5.74) is 4.82. The molecule has 0 aromatic carbocycles. The zero-order valence-corrected chi connectivity index (χ0v) is 10.8. The Morgan fingerprint density at radius 2 is 1.88 bits per heavy atom. The molecular formula is C11H23NO4. The Morgan fingerprint density at radius 1 is 1.31 bits per heavy atom. The molecule has 96 valence electrons. The fourth-order valence-electron chi connectivity index (χ4n) is 1.63. The molecule has 0 rings (SSSR count). The van der Waals surface area contributed by atoms with Crippen LogP contribution in [0.1, 0.15) is 27.2 Å². The van der Waals surface area contributed by atoms with Crippen LogP contribution < -0.4 is 5.73 Å². The average Bonchev–Trinajstić information content (AvgIpc) is 2.15. The van der Waals surface area contributed by atoms with Gasteiger partial charge in [-0.2, -0.15) is 0 Å². The molecule has 0 amide bonds. The zero-order chi connectivity index (χ0) is 12.8. The quantitative estimate of drug-likeness (QED) is 0.656. The lowest BCUT2D eigenvalue weighted by Gasteiger charge is -2.27. The smallest absolute Gasteiger partial charge is 0.325 e. The number of hydrogen-bond donors (Lipinski definition) is 1. The number of nitrogens with two attached hydrogens (primary N) is 1. The Morgan fingerprint density at radius 3 is 2.31 bits per heavy atom. The monoisotopic (exact) mass is 233 g/mol. The molecule has 5 nitrogen and oxygen atoms in total. The predicted octanol–water partition coefficient (Wildman–Crippen LogP) is 0.707. The molecule has 0 aliphatic heterocycles. The summed E-state index contributed by atoms with van der Waals surface area (Å²) < 4.78 is 15.2. The minimum Gasteiger partial charge on any atom is -0.468 e. The number of carbonyl (C=O) groups is 1. The summed E-state index contributed by atoms with van der Waals surface area (Å²) in [6.45, 7) is 5.94. The highest BCUT2D eigenvalue weighted by molar-refractivity contribution is 5.79. The maximum Gasteiger partial charge on any atom is 0.325 e. The minimum atomic E-state index is -1.01. The molecule has 0 aliphatic carbocycles. The van der Waals surface area contributed by atoms with Gasteiger partial charge in [-0.3, -0.25) is 4.79 Å². The first kappa shape index (κ1) is 15.3. The molecule has 0 heterocycles. The predicted molar refractivity (Wildman–Crippen MR) is 61.1 cm³/mol. The minimum absolute atomic E-state index is 0.0200. The molecule has 3 atom stereocenters. The van der Waals surface area contributed by atoms with Crippen molar-refractivity contribution in [1.82, 2.24) is 0 Å². The van der Waals surface area contributed by atoms with E-state index in [4.69, 9.17) is 15.2 Å². The Bertz CT molecular complexity index is 218. The molecular weight excluding hydrogens is 210 g/mol. The molecule has 0 radical (unpaired) electrons. The first-order chi connectivity index (χ1) is 7.33. The van der Waals surface area contributed by atoms with Gasteiger partial charge in [-0.25, -0.2) is 0 Å². The second-order valence-corrected chi connectivity index (χ2v) is 4.33. The number of hydrogen-bond acceptors (Lipinski definition) is 5. The maximum absolute atomic E-state index is 11.4. The van der Waals surface area contributed by atoms with Gasteiger partial charge in [-0.1, -0.05) is 0 Å². The largest absolute Gasteiger partial charge is 0.468 e. The molecule has 0 fully saturated rings. The van der Waals surface area contributed by atoms with E-state index in [2.05, 4.69) is 4.74 Å². The summed E-state index contributed by atoms with van der Waals surface area (Å²) in [5.74, 6) is -0.428. The Hall–Kier alpha value is -0.650. The molecule has 0 aromatic heterocycles. The molecule has 0 bridgehead atoms. The van der Waals surface area contributed by atoms with Gasteiger partial charge in [0.15, 0.2) is 0 Å². The van der Waals surface area contributed by atoms with E-state index in [-0.39, 0.29) is 12.2 Å². The number of esters is 1. The second kappa shape index (κ2) is 6.83. The summed E-state index contributed by atoms with van der Waals surface area (Å²) in [7, 11) is 2.94. The second-order valence-electron chi connectivity index (χ2n) is 4.33. The van der Waals surface area contributed by atoms with Crippen LogP contribution in [0.3, 0.4) is 0 Å². The molecule has 2 N–H and O–H groups in total. The zero-order valence-electron chi connectivity index (χ0n) is 10.8. The van der Waals surface area contributed by atoms with Gasteiger partial charge >= 0.3 is 5.97 Å². The number of carbonyl (C=O) groups excluding carboxylic acids is 1. The average molecular weight is 233 g/mol. The van der Waals surface area contributed by atoms with Crippen molar-refractivity contribution < 1.29 is 19.0 Å². The third-order valence-corrected chi connectivity index (χ3v) is 2.23. The van der Waals surface area contributed by atoms with Crippen LogP contribution in [0.5, 0.6) is 0 Å². The Balaban J connectivity index is 4.12. The SMILES string of the molecule is COCC(C)OC(C)CC(C)(N)C(=O)OC. The van der Waals surface area contributed by atoms with Gasteiger partial charge in [-0.05, 0) is 20.8 Å². The maximum atomic E-state index is 11.4. The highest BCUT2D eigenvalue weighted by Gasteiger charge is 2.32. The third-order valence-electron chi connectivity index (χ3n) is 2.23. The van der Waals surface area contributed by atoms with Gasteiger partial charge in [0.25, 0.3) is 0 Å². The van der Waals surface area contributed by atoms with Gasteiger partial charge in [0.05, 0.1) is 25.9 Å². The van der Waals surface area contributed by atoms with Gasteiger partial charge in [0, 0.05) is 13.5 Å². The van der Waals surface area contributed by atoms with E-state index in [0.29, 0.717) is 13.0 Å². The van der Waals surface area contributed by atoms with Crippen molar-refractivity contribution in [3.8, 4) is 0 Å². The van der Waals surface area contributed by atoms with E-state index in [1.165, 1.54) is 7.11 Å². The lowest BCUT2D eigenvalue weighted by atomic mass is 9.96. The van der Waals surface area contributed by atoms with Crippen molar-refractivity contribution in [3.63, 3.8) is 0 Å². The van der Waals surface area contributed by atoms with Gasteiger partial charge in [0.2, 0.25) is 0 Å². The van der Waals surface area contributed by atoms with Crippen molar-refractivity contribution in [1.29, 1.82) is 0 Å². The van der Waals surface area contributed by atoms with E-state index >= 15 is 0 Å². The first-order valence-electron chi connectivity index (χ1n) is 5.35. The highest BCUT2D eigenvalue weighted by Crippen LogP contribution is 2.14. The molecule has 0 spiro atoms. The highest BCUT2D eigenvalue weighted by atomic mass is 16.5. The van der Waals surface area contributed by atoms with Crippen molar-refractivity contribution in [3.05, 3.63) is 0 Å². The summed E-state index contributed by atoms with van der Waals surface area (Å²) in [5, 5.41) is 0. The third kappa shape index (κ3) is 5.44.